The van der Waals surface area contributed by atoms with Crippen molar-refractivity contribution in [3.63, 3.8) is 0 Å². The van der Waals surface area contributed by atoms with Crippen molar-refractivity contribution in [3.05, 3.63) is 118 Å². The standard InChI is InChI=1S/C30H24FN3O5S/c1-18-5-14-25(38-2)24(16-18)33-26-27(30(37)34(29(26)36)17-22-4-3-15-39-22)40-23-12-10-21(11-13-23)32-28(35)19-6-8-20(31)9-7-19/h3-16,33H,17H2,1-2H3,(H,32,35). The summed E-state index contributed by atoms with van der Waals surface area (Å²) in [6.45, 7) is 1.90. The van der Waals surface area contributed by atoms with Gasteiger partial charge in [-0.25, -0.2) is 4.39 Å². The molecule has 0 saturated heterocycles. The van der Waals surface area contributed by atoms with Crippen LogP contribution in [-0.2, 0) is 16.1 Å². The lowest BCUT2D eigenvalue weighted by Gasteiger charge is -2.15. The summed E-state index contributed by atoms with van der Waals surface area (Å²) in [5.41, 5.74) is 2.46. The maximum Gasteiger partial charge on any atom is 0.278 e. The molecule has 0 unspecified atom stereocenters. The number of ether oxygens (including phenoxy) is 1. The maximum atomic E-state index is 13.5. The molecule has 1 aromatic heterocycles. The molecule has 5 rings (SSSR count). The first-order valence-electron chi connectivity index (χ1n) is 12.2. The van der Waals surface area contributed by atoms with Gasteiger partial charge in [0.2, 0.25) is 0 Å². The average Bonchev–Trinajstić information content (AvgIpc) is 3.54. The van der Waals surface area contributed by atoms with Crippen molar-refractivity contribution in [1.82, 2.24) is 4.90 Å². The second-order valence-corrected chi connectivity index (χ2v) is 9.98. The molecule has 0 bridgehead atoms. The molecular weight excluding hydrogens is 533 g/mol. The number of nitrogens with zero attached hydrogens (tertiary/aromatic N) is 1. The van der Waals surface area contributed by atoms with Crippen LogP contribution in [0.15, 0.2) is 105 Å². The molecule has 0 spiro atoms. The molecule has 3 amide bonds. The summed E-state index contributed by atoms with van der Waals surface area (Å²) in [4.78, 5) is 41.5. The number of thioether (sulfide) groups is 1. The molecule has 2 heterocycles. The number of furan rings is 1. The summed E-state index contributed by atoms with van der Waals surface area (Å²) in [6.07, 6.45) is 1.48. The Bertz CT molecular complexity index is 1600. The molecule has 0 radical (unpaired) electrons. The van der Waals surface area contributed by atoms with E-state index in [1.165, 1.54) is 37.6 Å². The van der Waals surface area contributed by atoms with E-state index in [0.717, 1.165) is 22.2 Å². The van der Waals surface area contributed by atoms with Crippen LogP contribution >= 0.6 is 11.8 Å². The number of hydrogen-bond acceptors (Lipinski definition) is 7. The monoisotopic (exact) mass is 557 g/mol. The Morgan fingerprint density at radius 1 is 1.00 bits per heavy atom. The second-order valence-electron chi connectivity index (χ2n) is 8.90. The second kappa shape index (κ2) is 11.5. The van der Waals surface area contributed by atoms with Gasteiger partial charge in [-0.1, -0.05) is 17.8 Å². The number of carbonyl (C=O) groups excluding carboxylic acids is 3. The van der Waals surface area contributed by atoms with Gasteiger partial charge in [-0.15, -0.1) is 0 Å². The lowest BCUT2D eigenvalue weighted by Crippen LogP contribution is -2.31. The highest BCUT2D eigenvalue weighted by molar-refractivity contribution is 8.04. The zero-order valence-electron chi connectivity index (χ0n) is 21.6. The van der Waals surface area contributed by atoms with Crippen LogP contribution in [0.1, 0.15) is 21.7 Å². The Hall–Kier alpha value is -4.83. The molecule has 8 nitrogen and oxygen atoms in total. The van der Waals surface area contributed by atoms with E-state index in [2.05, 4.69) is 10.6 Å². The molecule has 0 fully saturated rings. The molecule has 202 valence electrons. The smallest absolute Gasteiger partial charge is 0.278 e. The number of benzene rings is 3. The molecule has 2 N–H and O–H groups in total. The van der Waals surface area contributed by atoms with Crippen molar-refractivity contribution >= 4 is 40.9 Å². The summed E-state index contributed by atoms with van der Waals surface area (Å²) >= 11 is 1.13. The average molecular weight is 558 g/mol. The lowest BCUT2D eigenvalue weighted by molar-refractivity contribution is -0.138. The number of carbonyl (C=O) groups is 3. The van der Waals surface area contributed by atoms with Crippen molar-refractivity contribution in [2.75, 3.05) is 17.7 Å². The molecule has 4 aromatic rings. The number of halogens is 1. The summed E-state index contributed by atoms with van der Waals surface area (Å²) in [6, 6.07) is 21.0. The van der Waals surface area contributed by atoms with Crippen molar-refractivity contribution in [2.45, 2.75) is 18.4 Å². The summed E-state index contributed by atoms with van der Waals surface area (Å²) < 4.78 is 24.0. The van der Waals surface area contributed by atoms with Gasteiger partial charge < -0.3 is 19.8 Å². The largest absolute Gasteiger partial charge is 0.495 e. The SMILES string of the molecule is COc1ccc(C)cc1NC1=C(Sc2ccc(NC(=O)c3ccc(F)cc3)cc2)C(=O)N(Cc2ccco2)C1=O. The first kappa shape index (κ1) is 26.8. The number of nitrogens with one attached hydrogen (secondary N) is 2. The maximum absolute atomic E-state index is 13.5. The van der Waals surface area contributed by atoms with E-state index in [4.69, 9.17) is 9.15 Å². The number of imide groups is 1. The number of hydrogen-bond donors (Lipinski definition) is 2. The third-order valence-electron chi connectivity index (χ3n) is 6.07. The molecule has 0 atom stereocenters. The fraction of sp³-hybridized carbons (Fsp3) is 0.100. The Morgan fingerprint density at radius 2 is 1.75 bits per heavy atom. The van der Waals surface area contributed by atoms with Crippen LogP contribution in [0.25, 0.3) is 0 Å². The molecule has 3 aromatic carbocycles. The molecule has 1 aliphatic heterocycles. The fourth-order valence-electron chi connectivity index (χ4n) is 4.04. The Kier molecular flexibility index (Phi) is 7.70. The zero-order valence-corrected chi connectivity index (χ0v) is 22.4. The van der Waals surface area contributed by atoms with E-state index < -0.39 is 17.6 Å². The van der Waals surface area contributed by atoms with Gasteiger partial charge >= 0.3 is 0 Å². The van der Waals surface area contributed by atoms with Crippen LogP contribution in [0, 0.1) is 12.7 Å². The highest BCUT2D eigenvalue weighted by Crippen LogP contribution is 2.38. The Balaban J connectivity index is 1.40. The summed E-state index contributed by atoms with van der Waals surface area (Å²) in [5.74, 6) is -0.767. The third kappa shape index (κ3) is 5.76. The first-order valence-corrected chi connectivity index (χ1v) is 13.0. The van der Waals surface area contributed by atoms with E-state index in [1.54, 1.807) is 42.5 Å². The van der Waals surface area contributed by atoms with Gasteiger partial charge in [0.05, 0.1) is 25.6 Å². The molecule has 0 aliphatic carbocycles. The van der Waals surface area contributed by atoms with Crippen LogP contribution in [0.4, 0.5) is 15.8 Å². The topological polar surface area (TPSA) is 101 Å². The van der Waals surface area contributed by atoms with E-state index >= 15 is 0 Å². The van der Waals surface area contributed by atoms with Crippen molar-refractivity contribution in [1.29, 1.82) is 0 Å². The quantitative estimate of drug-likeness (QED) is 0.245. The van der Waals surface area contributed by atoms with Gasteiger partial charge in [0, 0.05) is 16.1 Å². The Morgan fingerprint density at radius 3 is 2.42 bits per heavy atom. The normalized spacial score (nSPS) is 13.1. The van der Waals surface area contributed by atoms with Crippen molar-refractivity contribution in [2.24, 2.45) is 0 Å². The first-order chi connectivity index (χ1) is 19.3. The molecule has 1 aliphatic rings. The minimum atomic E-state index is -0.490. The number of amides is 3. The van der Waals surface area contributed by atoms with Crippen molar-refractivity contribution < 1.29 is 27.9 Å². The molecule has 0 saturated carbocycles. The highest BCUT2D eigenvalue weighted by atomic mass is 32.2. The molecule has 40 heavy (non-hydrogen) atoms. The van der Waals surface area contributed by atoms with Gasteiger partial charge in [-0.2, -0.15) is 0 Å². The van der Waals surface area contributed by atoms with E-state index in [1.807, 2.05) is 19.1 Å². The predicted molar refractivity (Wildman–Crippen MR) is 149 cm³/mol. The van der Waals surface area contributed by atoms with E-state index in [-0.39, 0.29) is 23.1 Å². The highest BCUT2D eigenvalue weighted by Gasteiger charge is 2.40. The Labute approximate surface area is 233 Å². The summed E-state index contributed by atoms with van der Waals surface area (Å²) in [7, 11) is 1.53. The van der Waals surface area contributed by atoms with Gasteiger partial charge in [-0.3, -0.25) is 19.3 Å². The minimum absolute atomic E-state index is 0.0147. The summed E-state index contributed by atoms with van der Waals surface area (Å²) in [5, 5.41) is 5.89. The third-order valence-corrected chi connectivity index (χ3v) is 7.16. The number of rotatable bonds is 9. The van der Waals surface area contributed by atoms with Crippen LogP contribution in [0.5, 0.6) is 5.75 Å². The van der Waals surface area contributed by atoms with Crippen LogP contribution in [-0.4, -0.2) is 29.7 Å². The number of anilines is 2. The van der Waals surface area contributed by atoms with Crippen LogP contribution in [0.3, 0.4) is 0 Å². The predicted octanol–water partition coefficient (Wildman–Crippen LogP) is 5.97. The minimum Gasteiger partial charge on any atom is -0.495 e. The van der Waals surface area contributed by atoms with Gasteiger partial charge in [-0.05, 0) is 85.3 Å². The van der Waals surface area contributed by atoms with Gasteiger partial charge in [0.1, 0.15) is 27.9 Å². The fourth-order valence-corrected chi connectivity index (χ4v) is 4.99. The van der Waals surface area contributed by atoms with E-state index in [9.17, 15) is 18.8 Å². The number of methoxy groups -OCH3 is 1. The van der Waals surface area contributed by atoms with Gasteiger partial charge in [0.25, 0.3) is 17.7 Å². The van der Waals surface area contributed by atoms with Crippen LogP contribution in [0.2, 0.25) is 0 Å². The van der Waals surface area contributed by atoms with Crippen LogP contribution < -0.4 is 15.4 Å². The zero-order chi connectivity index (χ0) is 28.2. The van der Waals surface area contributed by atoms with Crippen molar-refractivity contribution in [3.8, 4) is 5.75 Å². The number of aryl methyl sites for hydroxylation is 1. The molecular formula is C30H24FN3O5S. The van der Waals surface area contributed by atoms with Gasteiger partial charge in [0.15, 0.2) is 0 Å². The molecule has 10 heteroatoms. The lowest BCUT2D eigenvalue weighted by atomic mass is 10.2. The van der Waals surface area contributed by atoms with E-state index in [0.29, 0.717) is 33.3 Å².